The first-order chi connectivity index (χ1) is 16.0. The first-order valence-electron chi connectivity index (χ1n) is 12.4. The topological polar surface area (TPSA) is 91.9 Å². The normalized spacial score (nSPS) is 28.8. The molecule has 1 amide bonds. The number of aliphatic hydroxyl groups excluding tert-OH is 1. The molecule has 1 unspecified atom stereocenters. The molecule has 7 nitrogen and oxygen atoms in total. The number of anilines is 1. The van der Waals surface area contributed by atoms with Crippen molar-refractivity contribution in [2.24, 2.45) is 23.5 Å². The highest BCUT2D eigenvalue weighted by Gasteiger charge is 2.42. The summed E-state index contributed by atoms with van der Waals surface area (Å²) in [6.45, 7) is 5.93. The Hall–Kier alpha value is -2.38. The number of hydrogen-bond donors (Lipinski definition) is 2. The van der Waals surface area contributed by atoms with Gasteiger partial charge in [-0.3, -0.25) is 9.69 Å². The first-order valence-corrected chi connectivity index (χ1v) is 12.4. The van der Waals surface area contributed by atoms with Gasteiger partial charge in [0.2, 0.25) is 5.91 Å². The highest BCUT2D eigenvalue weighted by atomic mass is 16.5. The molecule has 4 aliphatic rings. The lowest BCUT2D eigenvalue weighted by Crippen LogP contribution is -2.55. The average Bonchev–Trinajstić information content (AvgIpc) is 2.87. The van der Waals surface area contributed by atoms with Gasteiger partial charge in [0.25, 0.3) is 0 Å². The minimum absolute atomic E-state index is 0.0619. The number of fused-ring (bicyclic) bond motifs is 4. The number of primary amides is 1. The Balaban J connectivity index is 1.49. The molecule has 6 rings (SSSR count). The molecule has 5 heterocycles. The Morgan fingerprint density at radius 3 is 2.67 bits per heavy atom. The van der Waals surface area contributed by atoms with Gasteiger partial charge in [-0.2, -0.15) is 0 Å². The number of pyridine rings is 1. The maximum absolute atomic E-state index is 11.7. The van der Waals surface area contributed by atoms with Crippen molar-refractivity contribution in [3.05, 3.63) is 29.8 Å². The summed E-state index contributed by atoms with van der Waals surface area (Å²) in [7, 11) is 1.67. The second kappa shape index (κ2) is 9.11. The number of ether oxygens (including phenoxy) is 1. The van der Waals surface area contributed by atoms with Crippen LogP contribution in [-0.2, 0) is 4.79 Å². The Kier molecular flexibility index (Phi) is 6.18. The number of nitrogens with two attached hydrogens (primary N) is 1. The van der Waals surface area contributed by atoms with Crippen LogP contribution in [0.4, 0.5) is 5.82 Å². The van der Waals surface area contributed by atoms with Gasteiger partial charge < -0.3 is 20.5 Å². The molecule has 0 saturated carbocycles. The third kappa shape index (κ3) is 4.17. The summed E-state index contributed by atoms with van der Waals surface area (Å²) in [6, 6.07) is 8.10. The molecular weight excluding hydrogens is 416 g/mol. The number of nitrogens with zero attached hydrogens (tertiary/aromatic N) is 3. The summed E-state index contributed by atoms with van der Waals surface area (Å²) in [5.41, 5.74) is 7.32. The number of hydrogen-bond acceptors (Lipinski definition) is 6. The van der Waals surface area contributed by atoms with Crippen LogP contribution in [0.2, 0.25) is 0 Å². The third-order valence-corrected chi connectivity index (χ3v) is 8.40. The number of benzene rings is 1. The number of aliphatic hydroxyl groups is 1. The van der Waals surface area contributed by atoms with Crippen LogP contribution in [0, 0.1) is 17.8 Å². The quantitative estimate of drug-likeness (QED) is 0.700. The van der Waals surface area contributed by atoms with E-state index in [0.29, 0.717) is 5.92 Å². The molecule has 0 spiro atoms. The molecule has 5 atom stereocenters. The van der Waals surface area contributed by atoms with E-state index in [1.165, 1.54) is 12.8 Å². The monoisotopic (exact) mass is 452 g/mol. The van der Waals surface area contributed by atoms with Crippen LogP contribution >= 0.6 is 0 Å². The molecule has 4 saturated heterocycles. The summed E-state index contributed by atoms with van der Waals surface area (Å²) in [5.74, 6) is 2.81. The summed E-state index contributed by atoms with van der Waals surface area (Å²) in [4.78, 5) is 21.3. The Bertz CT molecular complexity index is 1020. The predicted octanol–water partition coefficient (Wildman–Crippen LogP) is 3.10. The van der Waals surface area contributed by atoms with Gasteiger partial charge >= 0.3 is 0 Å². The standard InChI is InChI=1S/C26H36N4O3/c1-3-16-15-30-11-8-18(16)12-23(30)25(31)21-14-24(29-9-6-17(7-10-29)26(27)32)28-22-5-4-19(33-2)13-20(21)22/h4-5,13-14,16-18,23,25,31H,3,6-12,15H2,1-2H3,(H2,27,32)/t16-,18+,23-,25+/m0/s1. The Labute approximate surface area is 195 Å². The lowest BCUT2D eigenvalue weighted by atomic mass is 9.72. The maximum Gasteiger partial charge on any atom is 0.220 e. The number of amides is 1. The smallest absolute Gasteiger partial charge is 0.220 e. The van der Waals surface area contributed by atoms with E-state index in [1.54, 1.807) is 7.11 Å². The van der Waals surface area contributed by atoms with E-state index in [0.717, 1.165) is 79.4 Å². The van der Waals surface area contributed by atoms with Crippen LogP contribution in [-0.4, -0.2) is 60.2 Å². The van der Waals surface area contributed by atoms with Gasteiger partial charge in [0, 0.05) is 37.0 Å². The molecule has 0 aliphatic carbocycles. The first kappa shape index (κ1) is 22.4. The van der Waals surface area contributed by atoms with Crippen LogP contribution in [0.15, 0.2) is 24.3 Å². The summed E-state index contributed by atoms with van der Waals surface area (Å²) >= 11 is 0. The third-order valence-electron chi connectivity index (χ3n) is 8.40. The highest BCUT2D eigenvalue weighted by molar-refractivity contribution is 5.86. The molecule has 1 aromatic heterocycles. The Morgan fingerprint density at radius 1 is 1.24 bits per heavy atom. The molecule has 33 heavy (non-hydrogen) atoms. The lowest BCUT2D eigenvalue weighted by Gasteiger charge is -2.51. The SMILES string of the molecule is CC[C@H]1CN2CC[C@@H]1C[C@H]2[C@H](O)c1cc(N2CCC(C(N)=O)CC2)nc2ccc(OC)cc12. The fourth-order valence-electron chi connectivity index (χ4n) is 6.32. The molecule has 3 N–H and O–H groups in total. The number of aromatic nitrogens is 1. The van der Waals surface area contributed by atoms with Crippen LogP contribution in [0.5, 0.6) is 5.75 Å². The minimum Gasteiger partial charge on any atom is -0.497 e. The molecule has 7 heteroatoms. The molecule has 2 aromatic rings. The van der Waals surface area contributed by atoms with Crippen molar-refractivity contribution in [2.75, 3.05) is 38.2 Å². The fourth-order valence-corrected chi connectivity index (χ4v) is 6.32. The molecule has 4 aliphatic heterocycles. The molecule has 1 aromatic carbocycles. The zero-order valence-corrected chi connectivity index (χ0v) is 19.7. The van der Waals surface area contributed by atoms with Gasteiger partial charge in [0.15, 0.2) is 0 Å². The van der Waals surface area contributed by atoms with Crippen LogP contribution in [0.3, 0.4) is 0 Å². The van der Waals surface area contributed by atoms with E-state index < -0.39 is 6.10 Å². The zero-order valence-electron chi connectivity index (χ0n) is 19.7. The van der Waals surface area contributed by atoms with E-state index in [4.69, 9.17) is 15.5 Å². The van der Waals surface area contributed by atoms with E-state index >= 15 is 0 Å². The second-order valence-corrected chi connectivity index (χ2v) is 10.1. The molecule has 178 valence electrons. The molecular formula is C26H36N4O3. The number of piperidine rings is 4. The van der Waals surface area contributed by atoms with Crippen molar-refractivity contribution in [2.45, 2.75) is 51.2 Å². The lowest BCUT2D eigenvalue weighted by molar-refractivity contribution is -0.122. The molecule has 2 bridgehead atoms. The van der Waals surface area contributed by atoms with Gasteiger partial charge in [-0.15, -0.1) is 0 Å². The van der Waals surface area contributed by atoms with E-state index in [9.17, 15) is 9.90 Å². The van der Waals surface area contributed by atoms with Gasteiger partial charge in [0.1, 0.15) is 11.6 Å². The highest BCUT2D eigenvalue weighted by Crippen LogP contribution is 2.43. The summed E-state index contributed by atoms with van der Waals surface area (Å²) in [5, 5.41) is 12.7. The van der Waals surface area contributed by atoms with E-state index in [2.05, 4.69) is 22.8 Å². The van der Waals surface area contributed by atoms with Crippen molar-refractivity contribution in [3.8, 4) is 5.75 Å². The predicted molar refractivity (Wildman–Crippen MR) is 129 cm³/mol. The molecule has 4 fully saturated rings. The minimum atomic E-state index is -0.579. The number of rotatable bonds is 6. The van der Waals surface area contributed by atoms with Crippen LogP contribution < -0.4 is 15.4 Å². The van der Waals surface area contributed by atoms with Crippen molar-refractivity contribution in [1.82, 2.24) is 9.88 Å². The maximum atomic E-state index is 11.7. The summed E-state index contributed by atoms with van der Waals surface area (Å²) in [6.07, 6.45) is 4.41. The average molecular weight is 453 g/mol. The van der Waals surface area contributed by atoms with Crippen molar-refractivity contribution in [3.63, 3.8) is 0 Å². The van der Waals surface area contributed by atoms with Gasteiger partial charge in [-0.25, -0.2) is 4.98 Å². The number of carbonyl (C=O) groups excluding carboxylic acids is 1. The van der Waals surface area contributed by atoms with Gasteiger partial charge in [0.05, 0.1) is 18.7 Å². The van der Waals surface area contributed by atoms with Crippen LogP contribution in [0.25, 0.3) is 10.9 Å². The van der Waals surface area contributed by atoms with Crippen LogP contribution in [0.1, 0.15) is 50.7 Å². The van der Waals surface area contributed by atoms with E-state index in [1.807, 2.05) is 18.2 Å². The zero-order chi connectivity index (χ0) is 23.1. The van der Waals surface area contributed by atoms with Gasteiger partial charge in [-0.05, 0) is 73.9 Å². The summed E-state index contributed by atoms with van der Waals surface area (Å²) < 4.78 is 5.49. The molecule has 0 radical (unpaired) electrons. The van der Waals surface area contributed by atoms with Crippen molar-refractivity contribution < 1.29 is 14.6 Å². The van der Waals surface area contributed by atoms with Crippen molar-refractivity contribution in [1.29, 1.82) is 0 Å². The van der Waals surface area contributed by atoms with E-state index in [-0.39, 0.29) is 17.9 Å². The van der Waals surface area contributed by atoms with Gasteiger partial charge in [-0.1, -0.05) is 13.3 Å². The second-order valence-electron chi connectivity index (χ2n) is 10.1. The number of carbonyl (C=O) groups is 1. The fraction of sp³-hybridized carbons (Fsp3) is 0.615. The number of methoxy groups -OCH3 is 1. The Morgan fingerprint density at radius 2 is 2.03 bits per heavy atom. The largest absolute Gasteiger partial charge is 0.497 e. The van der Waals surface area contributed by atoms with Crippen molar-refractivity contribution >= 4 is 22.6 Å².